The van der Waals surface area contributed by atoms with Crippen LogP contribution in [-0.2, 0) is 6.54 Å². The number of nitrogens with zero attached hydrogens (tertiary/aromatic N) is 3. The number of hydrogen-bond acceptors (Lipinski definition) is 2. The van der Waals surface area contributed by atoms with Crippen molar-refractivity contribution in [1.82, 2.24) is 14.3 Å². The minimum atomic E-state index is -0.255. The second-order valence-electron chi connectivity index (χ2n) is 5.20. The van der Waals surface area contributed by atoms with E-state index >= 15 is 0 Å². The van der Waals surface area contributed by atoms with Gasteiger partial charge in [0.05, 0.1) is 16.4 Å². The number of fused-ring (bicyclic) bond motifs is 1. The topological polar surface area (TPSA) is 20.5 Å². The highest BCUT2D eigenvalue weighted by Gasteiger charge is 2.16. The maximum Gasteiger partial charge on any atom is 0.156 e. The van der Waals surface area contributed by atoms with Crippen LogP contribution in [0.3, 0.4) is 0 Å². The van der Waals surface area contributed by atoms with Crippen molar-refractivity contribution in [2.24, 2.45) is 0 Å². The molecular weight excluding hydrogens is 289 g/mol. The molecule has 0 atom stereocenters. The van der Waals surface area contributed by atoms with Gasteiger partial charge in [0.1, 0.15) is 5.82 Å². The summed E-state index contributed by atoms with van der Waals surface area (Å²) in [4.78, 5) is 6.71. The van der Waals surface area contributed by atoms with Crippen molar-refractivity contribution in [2.45, 2.75) is 6.54 Å². The Morgan fingerprint density at radius 2 is 1.90 bits per heavy atom. The summed E-state index contributed by atoms with van der Waals surface area (Å²) in [7, 11) is 4.00. The first-order valence-electron chi connectivity index (χ1n) is 6.62. The third-order valence-corrected chi connectivity index (χ3v) is 3.58. The lowest BCUT2D eigenvalue weighted by atomic mass is 10.1. The first-order valence-corrected chi connectivity index (χ1v) is 7.00. The summed E-state index contributed by atoms with van der Waals surface area (Å²) < 4.78 is 15.1. The molecule has 0 aliphatic carbocycles. The summed E-state index contributed by atoms with van der Waals surface area (Å²) in [5.74, 6) is -0.255. The molecular formula is C16H15ClFN3. The number of benzene rings is 1. The zero-order chi connectivity index (χ0) is 15.0. The van der Waals surface area contributed by atoms with Gasteiger partial charge in [-0.2, -0.15) is 0 Å². The van der Waals surface area contributed by atoms with Gasteiger partial charge in [0.25, 0.3) is 0 Å². The molecule has 2 heterocycles. The highest BCUT2D eigenvalue weighted by atomic mass is 35.5. The Morgan fingerprint density at radius 3 is 2.57 bits per heavy atom. The SMILES string of the molecule is CN(C)Cc1c(-c2ccc(F)cc2)nc2c(Cl)cccn12. The van der Waals surface area contributed by atoms with E-state index in [0.29, 0.717) is 11.6 Å². The molecule has 0 saturated heterocycles. The molecule has 0 N–H and O–H groups in total. The van der Waals surface area contributed by atoms with Gasteiger partial charge >= 0.3 is 0 Å². The van der Waals surface area contributed by atoms with Crippen molar-refractivity contribution in [3.8, 4) is 11.3 Å². The number of rotatable bonds is 3. The Hall–Kier alpha value is -1.91. The molecule has 3 nitrogen and oxygen atoms in total. The van der Waals surface area contributed by atoms with E-state index in [4.69, 9.17) is 11.6 Å². The zero-order valence-electron chi connectivity index (χ0n) is 11.8. The highest BCUT2D eigenvalue weighted by Crippen LogP contribution is 2.28. The molecule has 0 radical (unpaired) electrons. The monoisotopic (exact) mass is 303 g/mol. The van der Waals surface area contributed by atoms with Crippen LogP contribution in [0.15, 0.2) is 42.6 Å². The highest BCUT2D eigenvalue weighted by molar-refractivity contribution is 6.33. The summed E-state index contributed by atoms with van der Waals surface area (Å²) in [5, 5.41) is 0.603. The van der Waals surface area contributed by atoms with E-state index in [2.05, 4.69) is 9.88 Å². The predicted octanol–water partition coefficient (Wildman–Crippen LogP) is 3.86. The fourth-order valence-corrected chi connectivity index (χ4v) is 2.58. The first kappa shape index (κ1) is 14.0. The van der Waals surface area contributed by atoms with Crippen LogP contribution in [-0.4, -0.2) is 28.4 Å². The molecule has 21 heavy (non-hydrogen) atoms. The van der Waals surface area contributed by atoms with Gasteiger partial charge in [-0.1, -0.05) is 11.6 Å². The quantitative estimate of drug-likeness (QED) is 0.732. The van der Waals surface area contributed by atoms with Gasteiger partial charge < -0.3 is 9.30 Å². The molecule has 1 aromatic carbocycles. The fraction of sp³-hybridized carbons (Fsp3) is 0.188. The van der Waals surface area contributed by atoms with Crippen molar-refractivity contribution in [2.75, 3.05) is 14.1 Å². The van der Waals surface area contributed by atoms with Gasteiger partial charge in [-0.25, -0.2) is 9.37 Å². The van der Waals surface area contributed by atoms with Gasteiger partial charge in [0.2, 0.25) is 0 Å². The predicted molar refractivity (Wildman–Crippen MR) is 83.0 cm³/mol. The molecule has 108 valence electrons. The molecule has 5 heteroatoms. The maximum absolute atomic E-state index is 13.1. The van der Waals surface area contributed by atoms with Gasteiger partial charge in [0.15, 0.2) is 5.65 Å². The number of hydrogen-bond donors (Lipinski definition) is 0. The second kappa shape index (κ2) is 5.47. The molecule has 3 rings (SSSR count). The van der Waals surface area contributed by atoms with Gasteiger partial charge in [-0.15, -0.1) is 0 Å². The third-order valence-electron chi connectivity index (χ3n) is 3.28. The van der Waals surface area contributed by atoms with E-state index in [1.807, 2.05) is 36.8 Å². The molecule has 0 fully saturated rings. The van der Waals surface area contributed by atoms with Crippen molar-refractivity contribution >= 4 is 17.2 Å². The normalized spacial score (nSPS) is 11.5. The van der Waals surface area contributed by atoms with Crippen LogP contribution in [0.2, 0.25) is 5.02 Å². The van der Waals surface area contributed by atoms with Gasteiger partial charge in [-0.05, 0) is 50.5 Å². The van der Waals surface area contributed by atoms with Gasteiger partial charge in [0, 0.05) is 18.3 Å². The van der Waals surface area contributed by atoms with Crippen LogP contribution in [0.5, 0.6) is 0 Å². The molecule has 0 amide bonds. The third kappa shape index (κ3) is 2.64. The molecule has 0 aliphatic heterocycles. The van der Waals surface area contributed by atoms with Crippen LogP contribution in [0.4, 0.5) is 4.39 Å². The standard InChI is InChI=1S/C16H15ClFN3/c1-20(2)10-14-15(11-5-7-12(18)8-6-11)19-16-13(17)4-3-9-21(14)16/h3-9H,10H2,1-2H3. The lowest BCUT2D eigenvalue weighted by molar-refractivity contribution is 0.396. The van der Waals surface area contributed by atoms with Crippen molar-refractivity contribution in [1.29, 1.82) is 0 Å². The van der Waals surface area contributed by atoms with E-state index in [1.54, 1.807) is 12.1 Å². The van der Waals surface area contributed by atoms with E-state index in [9.17, 15) is 4.39 Å². The Labute approximate surface area is 127 Å². The zero-order valence-corrected chi connectivity index (χ0v) is 12.6. The Kier molecular flexibility index (Phi) is 3.66. The van der Waals surface area contributed by atoms with E-state index in [-0.39, 0.29) is 5.82 Å². The Bertz CT molecular complexity index is 778. The van der Waals surface area contributed by atoms with E-state index < -0.39 is 0 Å². The van der Waals surface area contributed by atoms with Crippen molar-refractivity contribution in [3.05, 3.63) is 59.1 Å². The first-order chi connectivity index (χ1) is 10.1. The van der Waals surface area contributed by atoms with E-state index in [0.717, 1.165) is 22.6 Å². The lowest BCUT2D eigenvalue weighted by Crippen LogP contribution is -2.13. The van der Waals surface area contributed by atoms with Crippen molar-refractivity contribution in [3.63, 3.8) is 0 Å². The van der Waals surface area contributed by atoms with Crippen molar-refractivity contribution < 1.29 is 4.39 Å². The van der Waals surface area contributed by atoms with E-state index in [1.165, 1.54) is 12.1 Å². The summed E-state index contributed by atoms with van der Waals surface area (Å²) in [6.07, 6.45) is 1.94. The largest absolute Gasteiger partial charge is 0.304 e. The average molecular weight is 304 g/mol. The maximum atomic E-state index is 13.1. The smallest absolute Gasteiger partial charge is 0.156 e. The molecule has 2 aromatic heterocycles. The molecule has 0 bridgehead atoms. The second-order valence-corrected chi connectivity index (χ2v) is 5.61. The summed E-state index contributed by atoms with van der Waals surface area (Å²) >= 11 is 6.23. The number of pyridine rings is 1. The minimum Gasteiger partial charge on any atom is -0.304 e. The number of imidazole rings is 1. The Balaban J connectivity index is 2.25. The molecule has 0 spiro atoms. The van der Waals surface area contributed by atoms with Crippen LogP contribution >= 0.6 is 11.6 Å². The fourth-order valence-electron chi connectivity index (χ4n) is 2.37. The van der Waals surface area contributed by atoms with Crippen LogP contribution in [0.1, 0.15) is 5.69 Å². The Morgan fingerprint density at radius 1 is 1.19 bits per heavy atom. The molecule has 0 aliphatic rings. The summed E-state index contributed by atoms with van der Waals surface area (Å²) in [6.45, 7) is 0.716. The summed E-state index contributed by atoms with van der Waals surface area (Å²) in [6, 6.07) is 10.1. The number of halogens is 2. The van der Waals surface area contributed by atoms with Gasteiger partial charge in [-0.3, -0.25) is 0 Å². The molecule has 3 aromatic rings. The van der Waals surface area contributed by atoms with Crippen LogP contribution < -0.4 is 0 Å². The van der Waals surface area contributed by atoms with Crippen LogP contribution in [0, 0.1) is 5.82 Å². The average Bonchev–Trinajstić information content (AvgIpc) is 2.80. The van der Waals surface area contributed by atoms with Crippen LogP contribution in [0.25, 0.3) is 16.9 Å². The summed E-state index contributed by atoms with van der Waals surface area (Å²) in [5.41, 5.74) is 3.46. The minimum absolute atomic E-state index is 0.255. The number of aromatic nitrogens is 2. The lowest BCUT2D eigenvalue weighted by Gasteiger charge is -2.11. The molecule has 0 saturated carbocycles. The molecule has 0 unspecified atom stereocenters.